The number of aromatic amines is 1. The van der Waals surface area contributed by atoms with Gasteiger partial charge in [0.05, 0.1) is 0 Å². The van der Waals surface area contributed by atoms with E-state index in [-0.39, 0.29) is 5.91 Å². The molecular weight excluding hydrogens is 420 g/mol. The van der Waals surface area contributed by atoms with Gasteiger partial charge in [0.2, 0.25) is 0 Å². The summed E-state index contributed by atoms with van der Waals surface area (Å²) >= 11 is 0. The average Bonchev–Trinajstić information content (AvgIpc) is 2.98. The predicted octanol–water partition coefficient (Wildman–Crippen LogP) is 4.83. The Hall–Kier alpha value is -3.57. The summed E-state index contributed by atoms with van der Waals surface area (Å²) in [7, 11) is 0. The molecule has 1 fully saturated rings. The van der Waals surface area contributed by atoms with Crippen LogP contribution in [0.25, 0.3) is 22.2 Å². The van der Waals surface area contributed by atoms with Gasteiger partial charge in [0.25, 0.3) is 5.91 Å². The van der Waals surface area contributed by atoms with Crippen molar-refractivity contribution in [1.29, 1.82) is 0 Å². The first-order chi connectivity index (χ1) is 16.8. The van der Waals surface area contributed by atoms with Gasteiger partial charge >= 0.3 is 0 Å². The number of carbonyl (C=O) groups is 1. The summed E-state index contributed by atoms with van der Waals surface area (Å²) in [6.07, 6.45) is 2.01. The van der Waals surface area contributed by atoms with Crippen molar-refractivity contribution in [2.24, 2.45) is 0 Å². The van der Waals surface area contributed by atoms with Gasteiger partial charge in [-0.25, -0.2) is 0 Å². The Bertz CT molecular complexity index is 1310. The monoisotopic (exact) mass is 450 g/mol. The summed E-state index contributed by atoms with van der Waals surface area (Å²) in [5.41, 5.74) is 8.03. The highest BCUT2D eigenvalue weighted by Gasteiger charge is 2.22. The maximum absolute atomic E-state index is 12.5. The maximum atomic E-state index is 12.5. The van der Waals surface area contributed by atoms with Gasteiger partial charge in [-0.1, -0.05) is 48.5 Å². The van der Waals surface area contributed by atoms with Crippen molar-refractivity contribution in [2.75, 3.05) is 37.6 Å². The van der Waals surface area contributed by atoms with Gasteiger partial charge in [-0.2, -0.15) is 0 Å². The lowest BCUT2D eigenvalue weighted by Gasteiger charge is -2.24. The van der Waals surface area contributed by atoms with Crippen molar-refractivity contribution in [3.63, 3.8) is 0 Å². The highest BCUT2D eigenvalue weighted by molar-refractivity contribution is 6.10. The number of hydrogen-bond donors (Lipinski definition) is 2. The van der Waals surface area contributed by atoms with Gasteiger partial charge < -0.3 is 15.2 Å². The third-order valence-electron chi connectivity index (χ3n) is 7.19. The Morgan fingerprint density at radius 2 is 1.68 bits per heavy atom. The molecule has 5 nitrogen and oxygen atoms in total. The van der Waals surface area contributed by atoms with Crippen molar-refractivity contribution in [2.45, 2.75) is 19.4 Å². The number of hydrogen-bond acceptors (Lipinski definition) is 3. The maximum Gasteiger partial charge on any atom is 0.251 e. The summed E-state index contributed by atoms with van der Waals surface area (Å²) < 4.78 is 0. The Morgan fingerprint density at radius 1 is 0.824 bits per heavy atom. The van der Waals surface area contributed by atoms with E-state index in [4.69, 9.17) is 0 Å². The summed E-state index contributed by atoms with van der Waals surface area (Å²) in [4.78, 5) is 21.1. The minimum absolute atomic E-state index is 0.0210. The van der Waals surface area contributed by atoms with Gasteiger partial charge in [-0.05, 0) is 53.8 Å². The summed E-state index contributed by atoms with van der Waals surface area (Å²) in [6.45, 7) is 6.03. The molecule has 1 saturated heterocycles. The van der Waals surface area contributed by atoms with Crippen LogP contribution in [0.1, 0.15) is 27.9 Å². The topological polar surface area (TPSA) is 51.4 Å². The van der Waals surface area contributed by atoms with Crippen LogP contribution in [-0.2, 0) is 13.0 Å². The first-order valence-corrected chi connectivity index (χ1v) is 12.3. The summed E-state index contributed by atoms with van der Waals surface area (Å²) in [5, 5.41) is 4.10. The number of amides is 1. The first kappa shape index (κ1) is 21.0. The van der Waals surface area contributed by atoms with Crippen LogP contribution < -0.4 is 10.2 Å². The average molecular weight is 451 g/mol. The summed E-state index contributed by atoms with van der Waals surface area (Å²) in [5.74, 6) is 0.0210. The highest BCUT2D eigenvalue weighted by atomic mass is 16.1. The van der Waals surface area contributed by atoms with Crippen molar-refractivity contribution < 1.29 is 4.79 Å². The van der Waals surface area contributed by atoms with Crippen LogP contribution in [0.2, 0.25) is 0 Å². The quantitative estimate of drug-likeness (QED) is 0.468. The van der Waals surface area contributed by atoms with Crippen molar-refractivity contribution in [3.05, 3.63) is 89.5 Å². The molecule has 1 amide bonds. The molecule has 5 heteroatoms. The number of nitrogens with one attached hydrogen (secondary N) is 2. The van der Waals surface area contributed by atoms with E-state index < -0.39 is 0 Å². The molecular formula is C29H30N4O. The number of anilines is 1. The number of H-pyrrole nitrogens is 1. The fourth-order valence-electron chi connectivity index (χ4n) is 5.47. The number of rotatable bonds is 4. The van der Waals surface area contributed by atoms with Crippen LogP contribution in [0.5, 0.6) is 0 Å². The van der Waals surface area contributed by atoms with Crippen LogP contribution in [0, 0.1) is 0 Å². The third-order valence-corrected chi connectivity index (χ3v) is 7.19. The molecule has 0 atom stereocenters. The smallest absolute Gasteiger partial charge is 0.251 e. The molecule has 0 spiro atoms. The van der Waals surface area contributed by atoms with Crippen LogP contribution >= 0.6 is 0 Å². The lowest BCUT2D eigenvalue weighted by molar-refractivity contribution is 0.0957. The number of carbonyl (C=O) groups excluding carboxylic acids is 1. The molecule has 0 bridgehead atoms. The standard InChI is InChI=1S/C29H30N4O/c34-29-25-8-4-9-26-27(25)24(14-15-30-29)28(31-26)22-10-12-23(13-11-22)33-17-5-16-32(18-19-33)20-21-6-2-1-3-7-21/h1-4,6-13,31H,5,14-20H2,(H,30,34). The molecule has 2 aliphatic heterocycles. The van der Waals surface area contributed by atoms with E-state index in [0.717, 1.165) is 61.3 Å². The van der Waals surface area contributed by atoms with E-state index in [9.17, 15) is 4.79 Å². The fourth-order valence-corrected chi connectivity index (χ4v) is 5.47. The second-order valence-corrected chi connectivity index (χ2v) is 9.36. The third kappa shape index (κ3) is 3.97. The van der Waals surface area contributed by atoms with Gasteiger partial charge in [0, 0.05) is 67.1 Å². The van der Waals surface area contributed by atoms with E-state index in [1.54, 1.807) is 0 Å². The van der Waals surface area contributed by atoms with Gasteiger partial charge in [-0.15, -0.1) is 0 Å². The van der Waals surface area contributed by atoms with E-state index in [1.165, 1.54) is 28.8 Å². The van der Waals surface area contributed by atoms with Gasteiger partial charge in [0.15, 0.2) is 0 Å². The van der Waals surface area contributed by atoms with Crippen molar-refractivity contribution in [3.8, 4) is 11.3 Å². The molecule has 3 heterocycles. The molecule has 4 aromatic rings. The normalized spacial score (nSPS) is 16.8. The lowest BCUT2D eigenvalue weighted by Crippen LogP contribution is -2.30. The van der Waals surface area contributed by atoms with Crippen LogP contribution in [0.3, 0.4) is 0 Å². The Morgan fingerprint density at radius 3 is 2.53 bits per heavy atom. The number of benzene rings is 3. The molecule has 0 unspecified atom stereocenters. The molecule has 172 valence electrons. The molecule has 6 rings (SSSR count). The molecule has 0 radical (unpaired) electrons. The van der Waals surface area contributed by atoms with Gasteiger partial charge in [-0.3, -0.25) is 9.69 Å². The van der Waals surface area contributed by atoms with E-state index in [2.05, 4.69) is 80.8 Å². The van der Waals surface area contributed by atoms with Gasteiger partial charge in [0.1, 0.15) is 0 Å². The zero-order valence-corrected chi connectivity index (χ0v) is 19.4. The SMILES string of the molecule is O=C1NCCc2c(-c3ccc(N4CCCN(Cc5ccccc5)CC4)cc3)[nH]c3cccc1c23. The van der Waals surface area contributed by atoms with Crippen LogP contribution in [-0.4, -0.2) is 48.5 Å². The Labute approximate surface area is 200 Å². The lowest BCUT2D eigenvalue weighted by atomic mass is 10.00. The van der Waals surface area contributed by atoms with Crippen LogP contribution in [0.15, 0.2) is 72.8 Å². The molecule has 0 aliphatic carbocycles. The highest BCUT2D eigenvalue weighted by Crippen LogP contribution is 2.34. The van der Waals surface area contributed by atoms with E-state index in [0.29, 0.717) is 6.54 Å². The van der Waals surface area contributed by atoms with E-state index >= 15 is 0 Å². The fraction of sp³-hybridized carbons (Fsp3) is 0.276. The second kappa shape index (κ2) is 8.99. The zero-order valence-electron chi connectivity index (χ0n) is 19.4. The first-order valence-electron chi connectivity index (χ1n) is 12.3. The number of nitrogens with zero attached hydrogens (tertiary/aromatic N) is 2. The molecule has 3 aromatic carbocycles. The zero-order chi connectivity index (χ0) is 22.9. The molecule has 34 heavy (non-hydrogen) atoms. The minimum Gasteiger partial charge on any atom is -0.370 e. The number of aromatic nitrogens is 1. The predicted molar refractivity (Wildman–Crippen MR) is 138 cm³/mol. The molecule has 0 saturated carbocycles. The molecule has 1 aromatic heterocycles. The minimum atomic E-state index is 0.0210. The van der Waals surface area contributed by atoms with Crippen molar-refractivity contribution >= 4 is 22.5 Å². The Balaban J connectivity index is 1.21. The van der Waals surface area contributed by atoms with E-state index in [1.807, 2.05) is 12.1 Å². The van der Waals surface area contributed by atoms with Crippen molar-refractivity contribution in [1.82, 2.24) is 15.2 Å². The van der Waals surface area contributed by atoms with Crippen LogP contribution in [0.4, 0.5) is 5.69 Å². The Kier molecular flexibility index (Phi) is 5.55. The summed E-state index contributed by atoms with van der Waals surface area (Å²) in [6, 6.07) is 25.7. The second-order valence-electron chi connectivity index (χ2n) is 9.36. The molecule has 2 N–H and O–H groups in total. The molecule has 2 aliphatic rings. The largest absolute Gasteiger partial charge is 0.370 e.